The zero-order valence-corrected chi connectivity index (χ0v) is 13.1. The number of nitrogens with zero attached hydrogens (tertiary/aromatic N) is 1. The summed E-state index contributed by atoms with van der Waals surface area (Å²) in [6.45, 7) is 0.287. The van der Waals surface area contributed by atoms with Gasteiger partial charge in [0.05, 0.1) is 23.8 Å². The molecule has 122 valence electrons. The third-order valence-electron chi connectivity index (χ3n) is 3.85. The number of fused-ring (bicyclic) bond motifs is 1. The first-order valence-corrected chi connectivity index (χ1v) is 7.50. The normalized spacial score (nSPS) is 13.0. The summed E-state index contributed by atoms with van der Waals surface area (Å²) >= 11 is 0. The minimum atomic E-state index is -0.331. The van der Waals surface area contributed by atoms with Crippen molar-refractivity contribution in [3.05, 3.63) is 65.2 Å². The van der Waals surface area contributed by atoms with Crippen LogP contribution in [0.1, 0.15) is 31.1 Å². The van der Waals surface area contributed by atoms with Crippen molar-refractivity contribution < 1.29 is 19.1 Å². The molecule has 0 bridgehead atoms. The molecule has 6 heteroatoms. The molecule has 0 unspecified atom stereocenters. The van der Waals surface area contributed by atoms with Gasteiger partial charge in [-0.25, -0.2) is 0 Å². The Bertz CT molecular complexity index is 781. The molecule has 0 aliphatic carbocycles. The molecule has 0 aromatic heterocycles. The minimum absolute atomic E-state index is 0.118. The van der Waals surface area contributed by atoms with Gasteiger partial charge in [0.15, 0.2) is 0 Å². The highest BCUT2D eigenvalue weighted by Crippen LogP contribution is 2.22. The molecule has 0 saturated carbocycles. The first kappa shape index (κ1) is 15.7. The minimum Gasteiger partial charge on any atom is -0.496 e. The lowest BCUT2D eigenvalue weighted by Gasteiger charge is -2.14. The van der Waals surface area contributed by atoms with Gasteiger partial charge in [0.1, 0.15) is 5.75 Å². The summed E-state index contributed by atoms with van der Waals surface area (Å²) in [4.78, 5) is 37.8. The van der Waals surface area contributed by atoms with Gasteiger partial charge >= 0.3 is 0 Å². The Hall–Kier alpha value is -3.15. The number of carbonyl (C=O) groups is 3. The Balaban J connectivity index is 1.62. The second kappa shape index (κ2) is 6.54. The van der Waals surface area contributed by atoms with Crippen LogP contribution >= 0.6 is 0 Å². The van der Waals surface area contributed by atoms with Crippen LogP contribution in [0.15, 0.2) is 48.5 Å². The second-order valence-corrected chi connectivity index (χ2v) is 5.26. The fourth-order valence-electron chi connectivity index (χ4n) is 2.65. The Kier molecular flexibility index (Phi) is 4.29. The molecule has 0 saturated heterocycles. The highest BCUT2D eigenvalue weighted by atomic mass is 16.5. The van der Waals surface area contributed by atoms with Crippen LogP contribution in [-0.2, 0) is 0 Å². The zero-order valence-electron chi connectivity index (χ0n) is 13.1. The van der Waals surface area contributed by atoms with Gasteiger partial charge in [0.25, 0.3) is 17.7 Å². The molecule has 1 aliphatic rings. The highest BCUT2D eigenvalue weighted by molar-refractivity contribution is 6.21. The molecule has 1 aliphatic heterocycles. The Labute approximate surface area is 139 Å². The number of imide groups is 1. The molecule has 2 aromatic carbocycles. The van der Waals surface area contributed by atoms with Crippen LogP contribution in [0.3, 0.4) is 0 Å². The highest BCUT2D eigenvalue weighted by Gasteiger charge is 2.34. The van der Waals surface area contributed by atoms with E-state index in [1.807, 2.05) is 0 Å². The number of benzene rings is 2. The molecular weight excluding hydrogens is 308 g/mol. The van der Waals surface area contributed by atoms with Crippen molar-refractivity contribution in [1.29, 1.82) is 0 Å². The van der Waals surface area contributed by atoms with Crippen molar-refractivity contribution in [2.75, 3.05) is 20.2 Å². The molecule has 6 nitrogen and oxygen atoms in total. The number of amides is 3. The van der Waals surface area contributed by atoms with Gasteiger partial charge in [-0.3, -0.25) is 19.3 Å². The van der Waals surface area contributed by atoms with Gasteiger partial charge < -0.3 is 10.1 Å². The number of nitrogens with one attached hydrogen (secondary N) is 1. The smallest absolute Gasteiger partial charge is 0.261 e. The van der Waals surface area contributed by atoms with Gasteiger partial charge in [-0.15, -0.1) is 0 Å². The number of hydrogen-bond acceptors (Lipinski definition) is 4. The van der Waals surface area contributed by atoms with Gasteiger partial charge in [0, 0.05) is 13.1 Å². The molecule has 24 heavy (non-hydrogen) atoms. The monoisotopic (exact) mass is 324 g/mol. The lowest BCUT2D eigenvalue weighted by molar-refractivity contribution is 0.0649. The molecule has 3 amide bonds. The van der Waals surface area contributed by atoms with Crippen LogP contribution in [0.5, 0.6) is 5.75 Å². The standard InChI is InChI=1S/C18H16N2O4/c1-24-15-9-5-4-8-14(15)16(21)19-10-11-20-17(22)12-6-2-3-7-13(12)18(20)23/h2-9H,10-11H2,1H3,(H,19,21). The summed E-state index contributed by atoms with van der Waals surface area (Å²) in [6, 6.07) is 13.5. The van der Waals surface area contributed by atoms with Crippen LogP contribution < -0.4 is 10.1 Å². The van der Waals surface area contributed by atoms with Crippen LogP contribution in [0, 0.1) is 0 Å². The number of ether oxygens (including phenoxy) is 1. The topological polar surface area (TPSA) is 75.7 Å². The summed E-state index contributed by atoms with van der Waals surface area (Å²) in [7, 11) is 1.49. The van der Waals surface area contributed by atoms with Crippen LogP contribution in [0.2, 0.25) is 0 Å². The molecule has 2 aromatic rings. The summed E-state index contributed by atoms with van der Waals surface area (Å²) in [6.07, 6.45) is 0. The van der Waals surface area contributed by atoms with Crippen molar-refractivity contribution in [2.24, 2.45) is 0 Å². The van der Waals surface area contributed by atoms with E-state index in [2.05, 4.69) is 5.32 Å². The number of carbonyl (C=O) groups excluding carboxylic acids is 3. The van der Waals surface area contributed by atoms with Gasteiger partial charge in [-0.1, -0.05) is 24.3 Å². The van der Waals surface area contributed by atoms with Gasteiger partial charge in [-0.2, -0.15) is 0 Å². The zero-order chi connectivity index (χ0) is 17.1. The Morgan fingerprint density at radius 1 is 1.00 bits per heavy atom. The van der Waals surface area contributed by atoms with E-state index in [1.54, 1.807) is 48.5 Å². The maximum absolute atomic E-state index is 12.2. The van der Waals surface area contributed by atoms with Gasteiger partial charge in [0.2, 0.25) is 0 Å². The van der Waals surface area contributed by atoms with E-state index in [0.717, 1.165) is 4.90 Å². The lowest BCUT2D eigenvalue weighted by Crippen LogP contribution is -2.38. The maximum atomic E-state index is 12.2. The molecule has 1 N–H and O–H groups in total. The predicted molar refractivity (Wildman–Crippen MR) is 87.1 cm³/mol. The van der Waals surface area contributed by atoms with E-state index in [0.29, 0.717) is 22.4 Å². The summed E-state index contributed by atoms with van der Waals surface area (Å²) in [5.74, 6) is -0.510. The second-order valence-electron chi connectivity index (χ2n) is 5.26. The van der Waals surface area contributed by atoms with Crippen molar-refractivity contribution in [1.82, 2.24) is 10.2 Å². The van der Waals surface area contributed by atoms with Crippen molar-refractivity contribution in [3.63, 3.8) is 0 Å². The SMILES string of the molecule is COc1ccccc1C(=O)NCCN1C(=O)c2ccccc2C1=O. The van der Waals surface area contributed by atoms with Crippen LogP contribution in [0.4, 0.5) is 0 Å². The van der Waals surface area contributed by atoms with Crippen LogP contribution in [-0.4, -0.2) is 42.8 Å². The Morgan fingerprint density at radius 3 is 2.21 bits per heavy atom. The average molecular weight is 324 g/mol. The number of hydrogen-bond donors (Lipinski definition) is 1. The molecular formula is C18H16N2O4. The van der Waals surface area contributed by atoms with E-state index in [4.69, 9.17) is 4.74 Å². The van der Waals surface area contributed by atoms with E-state index in [1.165, 1.54) is 7.11 Å². The first-order chi connectivity index (χ1) is 11.6. The summed E-state index contributed by atoms with van der Waals surface area (Å²) in [5.41, 5.74) is 1.21. The largest absolute Gasteiger partial charge is 0.496 e. The number of para-hydroxylation sites is 1. The average Bonchev–Trinajstić information content (AvgIpc) is 2.86. The summed E-state index contributed by atoms with van der Waals surface area (Å²) in [5, 5.41) is 2.70. The van der Waals surface area contributed by atoms with Crippen molar-refractivity contribution in [3.8, 4) is 5.75 Å². The third-order valence-corrected chi connectivity index (χ3v) is 3.85. The molecule has 0 atom stereocenters. The third kappa shape index (κ3) is 2.74. The first-order valence-electron chi connectivity index (χ1n) is 7.50. The molecule has 3 rings (SSSR count). The lowest BCUT2D eigenvalue weighted by atomic mass is 10.1. The van der Waals surface area contributed by atoms with E-state index in [-0.39, 0.29) is 30.8 Å². The van der Waals surface area contributed by atoms with E-state index >= 15 is 0 Å². The van der Waals surface area contributed by atoms with Crippen LogP contribution in [0.25, 0.3) is 0 Å². The molecule has 0 spiro atoms. The fraction of sp³-hybridized carbons (Fsp3) is 0.167. The van der Waals surface area contributed by atoms with Crippen molar-refractivity contribution >= 4 is 17.7 Å². The summed E-state index contributed by atoms with van der Waals surface area (Å²) < 4.78 is 5.14. The number of methoxy groups -OCH3 is 1. The molecule has 1 heterocycles. The maximum Gasteiger partial charge on any atom is 0.261 e. The van der Waals surface area contributed by atoms with Gasteiger partial charge in [-0.05, 0) is 24.3 Å². The van der Waals surface area contributed by atoms with Crippen molar-refractivity contribution in [2.45, 2.75) is 0 Å². The Morgan fingerprint density at radius 2 is 1.58 bits per heavy atom. The molecule has 0 radical (unpaired) electrons. The fourth-order valence-corrected chi connectivity index (χ4v) is 2.65. The quantitative estimate of drug-likeness (QED) is 0.850. The molecule has 0 fully saturated rings. The predicted octanol–water partition coefficient (Wildman–Crippen LogP) is 1.72. The van der Waals surface area contributed by atoms with E-state index < -0.39 is 0 Å². The number of rotatable bonds is 5. The van der Waals surface area contributed by atoms with E-state index in [9.17, 15) is 14.4 Å².